The van der Waals surface area contributed by atoms with E-state index in [0.29, 0.717) is 6.04 Å². The minimum absolute atomic E-state index is 0.201. The van der Waals surface area contributed by atoms with E-state index in [1.807, 2.05) is 18.9 Å². The highest BCUT2D eigenvalue weighted by Gasteiger charge is 2.28. The SMILES string of the molecule is CCC1CCCN1C(=O)N(C)CC. The normalized spacial score (nSPS) is 22.1. The zero-order chi connectivity index (χ0) is 9.84. The van der Waals surface area contributed by atoms with Crippen LogP contribution in [0.2, 0.25) is 0 Å². The minimum Gasteiger partial charge on any atom is -0.328 e. The van der Waals surface area contributed by atoms with Gasteiger partial charge < -0.3 is 9.80 Å². The first-order valence-corrected chi connectivity index (χ1v) is 5.22. The summed E-state index contributed by atoms with van der Waals surface area (Å²) in [5.41, 5.74) is 0. The van der Waals surface area contributed by atoms with Crippen molar-refractivity contribution < 1.29 is 4.79 Å². The number of rotatable bonds is 2. The third-order valence-corrected chi connectivity index (χ3v) is 2.89. The predicted molar refractivity (Wildman–Crippen MR) is 53.7 cm³/mol. The molecule has 0 aromatic carbocycles. The Hall–Kier alpha value is -0.730. The summed E-state index contributed by atoms with van der Waals surface area (Å²) in [6, 6.07) is 0.688. The van der Waals surface area contributed by atoms with Crippen molar-refractivity contribution in [1.82, 2.24) is 9.80 Å². The molecule has 0 saturated carbocycles. The fourth-order valence-corrected chi connectivity index (χ4v) is 1.87. The number of likely N-dealkylation sites (tertiary alicyclic amines) is 1. The molecule has 3 nitrogen and oxygen atoms in total. The molecule has 1 aliphatic rings. The lowest BCUT2D eigenvalue weighted by molar-refractivity contribution is 0.158. The summed E-state index contributed by atoms with van der Waals surface area (Å²) in [7, 11) is 1.87. The van der Waals surface area contributed by atoms with E-state index >= 15 is 0 Å². The molecule has 1 saturated heterocycles. The maximum absolute atomic E-state index is 11.8. The van der Waals surface area contributed by atoms with Crippen LogP contribution in [0.1, 0.15) is 33.1 Å². The average molecular weight is 184 g/mol. The van der Waals surface area contributed by atoms with Crippen LogP contribution in [0.15, 0.2) is 0 Å². The van der Waals surface area contributed by atoms with E-state index in [-0.39, 0.29) is 6.03 Å². The highest BCUT2D eigenvalue weighted by molar-refractivity contribution is 5.74. The molecule has 3 heteroatoms. The Morgan fingerprint density at radius 3 is 2.77 bits per heavy atom. The van der Waals surface area contributed by atoms with Gasteiger partial charge in [-0.1, -0.05) is 6.92 Å². The number of amides is 2. The van der Waals surface area contributed by atoms with Crippen LogP contribution in [0, 0.1) is 0 Å². The van der Waals surface area contributed by atoms with Crippen molar-refractivity contribution in [2.45, 2.75) is 39.2 Å². The maximum atomic E-state index is 11.8. The van der Waals surface area contributed by atoms with Crippen LogP contribution in [-0.4, -0.2) is 42.0 Å². The van der Waals surface area contributed by atoms with Gasteiger partial charge in [0.2, 0.25) is 0 Å². The summed E-state index contributed by atoms with van der Waals surface area (Å²) < 4.78 is 0. The van der Waals surface area contributed by atoms with Gasteiger partial charge in [0.15, 0.2) is 0 Å². The van der Waals surface area contributed by atoms with Crippen LogP contribution >= 0.6 is 0 Å². The van der Waals surface area contributed by atoms with E-state index in [0.717, 1.165) is 19.5 Å². The molecule has 1 fully saturated rings. The van der Waals surface area contributed by atoms with E-state index in [1.165, 1.54) is 12.8 Å². The second-order valence-electron chi connectivity index (χ2n) is 3.69. The zero-order valence-electron chi connectivity index (χ0n) is 8.92. The summed E-state index contributed by atoms with van der Waals surface area (Å²) in [6.45, 7) is 5.91. The molecule has 0 radical (unpaired) electrons. The topological polar surface area (TPSA) is 23.6 Å². The van der Waals surface area contributed by atoms with E-state index in [2.05, 4.69) is 6.92 Å². The number of urea groups is 1. The highest BCUT2D eigenvalue weighted by atomic mass is 16.2. The van der Waals surface area contributed by atoms with Crippen LogP contribution in [0.5, 0.6) is 0 Å². The predicted octanol–water partition coefficient (Wildman–Crippen LogP) is 1.93. The van der Waals surface area contributed by atoms with Crippen molar-refractivity contribution in [2.24, 2.45) is 0 Å². The Kier molecular flexibility index (Phi) is 3.58. The first-order valence-electron chi connectivity index (χ1n) is 5.22. The van der Waals surface area contributed by atoms with Gasteiger partial charge in [0.25, 0.3) is 0 Å². The molecule has 13 heavy (non-hydrogen) atoms. The maximum Gasteiger partial charge on any atom is 0.319 e. The second-order valence-corrected chi connectivity index (χ2v) is 3.69. The van der Waals surface area contributed by atoms with E-state index < -0.39 is 0 Å². The van der Waals surface area contributed by atoms with Gasteiger partial charge in [-0.15, -0.1) is 0 Å². The Bertz CT molecular complexity index is 182. The van der Waals surface area contributed by atoms with E-state index in [1.54, 1.807) is 4.90 Å². The van der Waals surface area contributed by atoms with Gasteiger partial charge in [-0.25, -0.2) is 4.79 Å². The second kappa shape index (κ2) is 4.49. The largest absolute Gasteiger partial charge is 0.328 e. The van der Waals surface area contributed by atoms with Gasteiger partial charge in [-0.3, -0.25) is 0 Å². The first-order chi connectivity index (χ1) is 6.20. The third kappa shape index (κ3) is 2.14. The molecule has 0 N–H and O–H groups in total. The number of hydrogen-bond donors (Lipinski definition) is 0. The number of hydrogen-bond acceptors (Lipinski definition) is 1. The van der Waals surface area contributed by atoms with Gasteiger partial charge in [0.1, 0.15) is 0 Å². The van der Waals surface area contributed by atoms with Crippen molar-refractivity contribution in [2.75, 3.05) is 20.1 Å². The average Bonchev–Trinajstić information content (AvgIpc) is 2.62. The van der Waals surface area contributed by atoms with Crippen molar-refractivity contribution >= 4 is 6.03 Å². The van der Waals surface area contributed by atoms with Gasteiger partial charge in [-0.2, -0.15) is 0 Å². The Balaban J connectivity index is 2.54. The minimum atomic E-state index is 0.201. The standard InChI is InChI=1S/C10H20N2O/c1-4-9-7-6-8-12(9)10(13)11(3)5-2/h9H,4-8H2,1-3H3. The smallest absolute Gasteiger partial charge is 0.319 e. The van der Waals surface area contributed by atoms with E-state index in [4.69, 9.17) is 0 Å². The molecule has 1 atom stereocenters. The van der Waals surface area contributed by atoms with Crippen molar-refractivity contribution in [3.63, 3.8) is 0 Å². The molecular formula is C10H20N2O. The fraction of sp³-hybridized carbons (Fsp3) is 0.900. The van der Waals surface area contributed by atoms with Crippen LogP contribution in [-0.2, 0) is 0 Å². The third-order valence-electron chi connectivity index (χ3n) is 2.89. The molecule has 0 spiro atoms. The fourth-order valence-electron chi connectivity index (χ4n) is 1.87. The first kappa shape index (κ1) is 10.4. The lowest BCUT2D eigenvalue weighted by Gasteiger charge is -2.28. The van der Waals surface area contributed by atoms with Crippen LogP contribution in [0.4, 0.5) is 4.79 Å². The Morgan fingerprint density at radius 2 is 2.23 bits per heavy atom. The van der Waals surface area contributed by atoms with Crippen LogP contribution < -0.4 is 0 Å². The van der Waals surface area contributed by atoms with Crippen molar-refractivity contribution in [3.8, 4) is 0 Å². The molecule has 1 rings (SSSR count). The molecule has 0 aromatic rings. The highest BCUT2D eigenvalue weighted by Crippen LogP contribution is 2.20. The quantitative estimate of drug-likeness (QED) is 0.643. The van der Waals surface area contributed by atoms with Gasteiger partial charge in [0, 0.05) is 26.2 Å². The monoisotopic (exact) mass is 184 g/mol. The molecule has 1 heterocycles. The number of nitrogens with zero attached hydrogens (tertiary/aromatic N) is 2. The molecular weight excluding hydrogens is 164 g/mol. The number of carbonyl (C=O) groups is 1. The number of carbonyl (C=O) groups excluding carboxylic acids is 1. The summed E-state index contributed by atoms with van der Waals surface area (Å²) in [5, 5.41) is 0. The Morgan fingerprint density at radius 1 is 1.54 bits per heavy atom. The van der Waals surface area contributed by atoms with Crippen molar-refractivity contribution in [3.05, 3.63) is 0 Å². The molecule has 76 valence electrons. The molecule has 0 aromatic heterocycles. The van der Waals surface area contributed by atoms with Gasteiger partial charge >= 0.3 is 6.03 Å². The van der Waals surface area contributed by atoms with Gasteiger partial charge in [0.05, 0.1) is 0 Å². The molecule has 0 aliphatic carbocycles. The summed E-state index contributed by atoms with van der Waals surface area (Å²) in [6.07, 6.45) is 3.44. The summed E-state index contributed by atoms with van der Waals surface area (Å²) in [5.74, 6) is 0. The lowest BCUT2D eigenvalue weighted by atomic mass is 10.2. The summed E-state index contributed by atoms with van der Waals surface area (Å²) in [4.78, 5) is 15.6. The van der Waals surface area contributed by atoms with Gasteiger partial charge in [-0.05, 0) is 26.2 Å². The summed E-state index contributed by atoms with van der Waals surface area (Å²) >= 11 is 0. The molecule has 1 aliphatic heterocycles. The molecule has 2 amide bonds. The van der Waals surface area contributed by atoms with E-state index in [9.17, 15) is 4.79 Å². The Labute approximate surface area is 80.7 Å². The molecule has 1 unspecified atom stereocenters. The lowest BCUT2D eigenvalue weighted by Crippen LogP contribution is -2.43. The zero-order valence-corrected chi connectivity index (χ0v) is 8.92. The van der Waals surface area contributed by atoms with Crippen LogP contribution in [0.3, 0.4) is 0 Å². The molecule has 0 bridgehead atoms. The van der Waals surface area contributed by atoms with Crippen LogP contribution in [0.25, 0.3) is 0 Å². The van der Waals surface area contributed by atoms with Crippen molar-refractivity contribution in [1.29, 1.82) is 0 Å².